The molecular formula is C18H34N4O. The van der Waals surface area contributed by atoms with Crippen molar-refractivity contribution in [1.29, 1.82) is 5.26 Å². The van der Waals surface area contributed by atoms with Gasteiger partial charge in [0.15, 0.2) is 0 Å². The summed E-state index contributed by atoms with van der Waals surface area (Å²) in [4.78, 5) is 14.7. The Balaban J connectivity index is 2.52. The zero-order valence-corrected chi connectivity index (χ0v) is 15.3. The minimum Gasteiger partial charge on any atom is -0.336 e. The van der Waals surface area contributed by atoms with Gasteiger partial charge in [0, 0.05) is 13.1 Å². The zero-order valence-electron chi connectivity index (χ0n) is 15.3. The van der Waals surface area contributed by atoms with Crippen molar-refractivity contribution >= 4 is 5.91 Å². The van der Waals surface area contributed by atoms with E-state index in [1.165, 1.54) is 0 Å². The van der Waals surface area contributed by atoms with Crippen molar-refractivity contribution in [2.24, 2.45) is 11.1 Å². The number of nitrogens with two attached hydrogens (primary N) is 1. The molecule has 1 heterocycles. The number of hydrogen-bond donors (Lipinski definition) is 2. The van der Waals surface area contributed by atoms with Crippen LogP contribution < -0.4 is 11.1 Å². The number of carbonyl (C=O) groups is 1. The second-order valence-electron chi connectivity index (χ2n) is 7.69. The molecule has 1 fully saturated rings. The number of piperidine rings is 1. The van der Waals surface area contributed by atoms with Crippen LogP contribution in [0.1, 0.15) is 66.2 Å². The zero-order chi connectivity index (χ0) is 17.5. The molecule has 132 valence electrons. The van der Waals surface area contributed by atoms with E-state index in [-0.39, 0.29) is 11.3 Å². The fourth-order valence-corrected chi connectivity index (χ4v) is 2.92. The topological polar surface area (TPSA) is 82.2 Å². The minimum absolute atomic E-state index is 0.178. The lowest BCUT2D eigenvalue weighted by molar-refractivity contribution is -0.124. The molecule has 5 nitrogen and oxygen atoms in total. The van der Waals surface area contributed by atoms with Gasteiger partial charge in [-0.05, 0) is 44.1 Å². The van der Waals surface area contributed by atoms with Crippen LogP contribution in [0.5, 0.6) is 0 Å². The number of hydrogen-bond acceptors (Lipinski definition) is 4. The molecule has 0 aromatic carbocycles. The van der Waals surface area contributed by atoms with Crippen LogP contribution in [0.4, 0.5) is 0 Å². The first-order valence-corrected chi connectivity index (χ1v) is 8.99. The highest BCUT2D eigenvalue weighted by Gasteiger charge is 2.37. The molecule has 1 aliphatic rings. The molecule has 0 aromatic rings. The summed E-state index contributed by atoms with van der Waals surface area (Å²) < 4.78 is 0. The van der Waals surface area contributed by atoms with Gasteiger partial charge >= 0.3 is 0 Å². The molecule has 1 atom stereocenters. The molecule has 0 bridgehead atoms. The SMILES string of the molecule is CCCN1CCC(C#N)(NC(=O)[C@@H](N)CCC(C)(C)CC)CC1. The van der Waals surface area contributed by atoms with Crippen LogP contribution in [0.15, 0.2) is 0 Å². The molecule has 0 unspecified atom stereocenters. The number of nitrogens with zero attached hydrogens (tertiary/aromatic N) is 2. The third kappa shape index (κ3) is 6.12. The average Bonchev–Trinajstić information content (AvgIpc) is 2.55. The maximum atomic E-state index is 12.4. The Hall–Kier alpha value is -1.12. The van der Waals surface area contributed by atoms with E-state index in [1.54, 1.807) is 0 Å². The Morgan fingerprint density at radius 3 is 2.48 bits per heavy atom. The predicted molar refractivity (Wildman–Crippen MR) is 93.7 cm³/mol. The summed E-state index contributed by atoms with van der Waals surface area (Å²) in [6, 6.07) is 1.81. The van der Waals surface area contributed by atoms with Gasteiger partial charge in [-0.25, -0.2) is 0 Å². The molecule has 0 saturated carbocycles. The second kappa shape index (κ2) is 8.65. The summed E-state index contributed by atoms with van der Waals surface area (Å²) in [6.07, 6.45) is 5.13. The fourth-order valence-electron chi connectivity index (χ4n) is 2.92. The van der Waals surface area contributed by atoms with E-state index < -0.39 is 11.6 Å². The number of nitriles is 1. The van der Waals surface area contributed by atoms with Gasteiger partial charge in [0.25, 0.3) is 0 Å². The van der Waals surface area contributed by atoms with Crippen LogP contribution >= 0.6 is 0 Å². The maximum Gasteiger partial charge on any atom is 0.238 e. The van der Waals surface area contributed by atoms with Crippen molar-refractivity contribution in [3.8, 4) is 6.07 Å². The van der Waals surface area contributed by atoms with Crippen LogP contribution in [0, 0.1) is 16.7 Å². The molecule has 0 aliphatic carbocycles. The van der Waals surface area contributed by atoms with Gasteiger partial charge in [-0.1, -0.05) is 34.1 Å². The minimum atomic E-state index is -0.737. The Kier molecular flexibility index (Phi) is 7.50. The maximum absolute atomic E-state index is 12.4. The fraction of sp³-hybridized carbons (Fsp3) is 0.889. The van der Waals surface area contributed by atoms with Crippen molar-refractivity contribution < 1.29 is 4.79 Å². The standard InChI is InChI=1S/C18H34N4O/c1-5-11-22-12-9-18(14-19,10-13-22)21-16(23)15(20)7-8-17(3,4)6-2/h15H,5-13,20H2,1-4H3,(H,21,23)/t15-/m0/s1. The summed E-state index contributed by atoms with van der Waals surface area (Å²) in [5.41, 5.74) is 5.52. The third-order valence-electron chi connectivity index (χ3n) is 5.25. The monoisotopic (exact) mass is 322 g/mol. The Bertz CT molecular complexity index is 419. The Morgan fingerprint density at radius 2 is 2.00 bits per heavy atom. The molecular weight excluding hydrogens is 288 g/mol. The van der Waals surface area contributed by atoms with Crippen molar-refractivity contribution in [2.75, 3.05) is 19.6 Å². The Labute approximate surface area is 141 Å². The smallest absolute Gasteiger partial charge is 0.238 e. The quantitative estimate of drug-likeness (QED) is 0.719. The predicted octanol–water partition coefficient (Wildman–Crippen LogP) is 2.41. The molecule has 1 amide bonds. The number of amides is 1. The van der Waals surface area contributed by atoms with Gasteiger partial charge in [-0.2, -0.15) is 5.26 Å². The van der Waals surface area contributed by atoms with Gasteiger partial charge in [0.2, 0.25) is 5.91 Å². The summed E-state index contributed by atoms with van der Waals surface area (Å²) in [5.74, 6) is -0.178. The van der Waals surface area contributed by atoms with Gasteiger partial charge in [-0.15, -0.1) is 0 Å². The van der Waals surface area contributed by atoms with Crippen LogP contribution in [-0.4, -0.2) is 42.0 Å². The molecule has 0 aromatic heterocycles. The third-order valence-corrected chi connectivity index (χ3v) is 5.25. The lowest BCUT2D eigenvalue weighted by Gasteiger charge is -2.38. The van der Waals surface area contributed by atoms with E-state index in [0.717, 1.165) is 38.9 Å². The molecule has 1 aliphatic heterocycles. The highest BCUT2D eigenvalue weighted by atomic mass is 16.2. The molecule has 5 heteroatoms. The highest BCUT2D eigenvalue weighted by molar-refractivity contribution is 5.82. The molecule has 1 saturated heterocycles. The van der Waals surface area contributed by atoms with E-state index in [1.807, 2.05) is 0 Å². The van der Waals surface area contributed by atoms with Crippen molar-refractivity contribution in [3.05, 3.63) is 0 Å². The van der Waals surface area contributed by atoms with Crippen LogP contribution in [0.3, 0.4) is 0 Å². The molecule has 1 rings (SSSR count). The lowest BCUT2D eigenvalue weighted by atomic mass is 9.83. The summed E-state index contributed by atoms with van der Waals surface area (Å²) in [6.45, 7) is 11.5. The van der Waals surface area contributed by atoms with Crippen LogP contribution in [0.25, 0.3) is 0 Å². The summed E-state index contributed by atoms with van der Waals surface area (Å²) >= 11 is 0. The summed E-state index contributed by atoms with van der Waals surface area (Å²) in [5, 5.41) is 12.5. The molecule has 0 spiro atoms. The van der Waals surface area contributed by atoms with Gasteiger partial charge in [0.05, 0.1) is 12.1 Å². The van der Waals surface area contributed by atoms with Crippen molar-refractivity contribution in [2.45, 2.75) is 77.8 Å². The lowest BCUT2D eigenvalue weighted by Crippen LogP contribution is -2.57. The van der Waals surface area contributed by atoms with E-state index in [9.17, 15) is 10.1 Å². The van der Waals surface area contributed by atoms with E-state index >= 15 is 0 Å². The average molecular weight is 322 g/mol. The van der Waals surface area contributed by atoms with Gasteiger partial charge < -0.3 is 16.0 Å². The van der Waals surface area contributed by atoms with Crippen LogP contribution in [-0.2, 0) is 4.79 Å². The van der Waals surface area contributed by atoms with E-state index in [0.29, 0.717) is 19.3 Å². The van der Waals surface area contributed by atoms with Gasteiger partial charge in [-0.3, -0.25) is 4.79 Å². The Morgan fingerprint density at radius 1 is 1.39 bits per heavy atom. The molecule has 3 N–H and O–H groups in total. The second-order valence-corrected chi connectivity index (χ2v) is 7.69. The molecule has 23 heavy (non-hydrogen) atoms. The first kappa shape index (κ1) is 19.9. The summed E-state index contributed by atoms with van der Waals surface area (Å²) in [7, 11) is 0. The van der Waals surface area contributed by atoms with Crippen molar-refractivity contribution in [3.63, 3.8) is 0 Å². The normalized spacial score (nSPS) is 19.8. The number of nitrogens with one attached hydrogen (secondary N) is 1. The van der Waals surface area contributed by atoms with Gasteiger partial charge in [0.1, 0.15) is 5.54 Å². The van der Waals surface area contributed by atoms with Crippen LogP contribution in [0.2, 0.25) is 0 Å². The number of rotatable bonds is 8. The largest absolute Gasteiger partial charge is 0.336 e. The van der Waals surface area contributed by atoms with Crippen molar-refractivity contribution in [1.82, 2.24) is 10.2 Å². The van der Waals surface area contributed by atoms with E-state index in [2.05, 4.69) is 44.0 Å². The highest BCUT2D eigenvalue weighted by Crippen LogP contribution is 2.27. The molecule has 0 radical (unpaired) electrons. The number of carbonyl (C=O) groups excluding carboxylic acids is 1. The number of likely N-dealkylation sites (tertiary alicyclic amines) is 1. The van der Waals surface area contributed by atoms with E-state index in [4.69, 9.17) is 5.73 Å². The first-order valence-electron chi connectivity index (χ1n) is 8.99. The first-order chi connectivity index (χ1) is 10.8.